The van der Waals surface area contributed by atoms with Gasteiger partial charge in [-0.2, -0.15) is 0 Å². The number of nitrogens with one attached hydrogen (secondary N) is 1. The van der Waals surface area contributed by atoms with Gasteiger partial charge in [-0.15, -0.1) is 9.46 Å². The Balaban J connectivity index is 3.86. The molecule has 0 amide bonds. The van der Waals surface area contributed by atoms with Crippen LogP contribution in [0.1, 0.15) is 0 Å². The van der Waals surface area contributed by atoms with Gasteiger partial charge in [-0.05, 0) is 0 Å². The number of aromatic nitrogens is 2. The van der Waals surface area contributed by atoms with Crippen LogP contribution >= 0.6 is 0 Å². The Hall–Kier alpha value is -2.12. The molecule has 8 nitrogen and oxygen atoms in total. The molecule has 8 heteroatoms. The van der Waals surface area contributed by atoms with Crippen LogP contribution in [0.4, 0.5) is 11.6 Å². The lowest BCUT2D eigenvalue weighted by molar-refractivity contribution is 0.144. The van der Waals surface area contributed by atoms with Crippen molar-refractivity contribution < 1.29 is 10.4 Å². The molecule has 66 valence electrons. The van der Waals surface area contributed by atoms with E-state index in [9.17, 15) is 4.79 Å². The Kier molecular flexibility index (Phi) is 1.45. The van der Waals surface area contributed by atoms with Crippen molar-refractivity contribution in [1.29, 1.82) is 5.41 Å². The minimum absolute atomic E-state index is 0.00954. The van der Waals surface area contributed by atoms with Gasteiger partial charge in [-0.3, -0.25) is 10.2 Å². The van der Waals surface area contributed by atoms with Crippen LogP contribution in [-0.4, -0.2) is 19.9 Å². The molecule has 0 fully saturated rings. The van der Waals surface area contributed by atoms with Gasteiger partial charge in [-0.25, -0.2) is 0 Å². The van der Waals surface area contributed by atoms with Crippen molar-refractivity contribution in [3.63, 3.8) is 0 Å². The predicted molar refractivity (Wildman–Crippen MR) is 37.7 cm³/mol. The van der Waals surface area contributed by atoms with E-state index >= 15 is 0 Å². The van der Waals surface area contributed by atoms with Gasteiger partial charge in [0.15, 0.2) is 11.6 Å². The molecule has 0 spiro atoms. The Morgan fingerprint density at radius 3 is 2.08 bits per heavy atom. The molecule has 0 atom stereocenters. The summed E-state index contributed by atoms with van der Waals surface area (Å²) in [4.78, 5) is 10.8. The third-order valence-corrected chi connectivity index (χ3v) is 1.33. The van der Waals surface area contributed by atoms with Crippen LogP contribution in [0.15, 0.2) is 4.79 Å². The number of nitrogen functional groups attached to an aromatic ring is 2. The number of anilines is 2. The van der Waals surface area contributed by atoms with Gasteiger partial charge in [0.25, 0.3) is 0 Å². The van der Waals surface area contributed by atoms with Crippen LogP contribution in [0.2, 0.25) is 0 Å². The SMILES string of the molecule is N=c1c(=O)n(O)c(N)c(N)n1O. The standard InChI is InChI=1S/C4H7N5O3/c5-1-2(6)9(12)4(10)3(7)8(1)11/h7,11-12H,5-6H2. The van der Waals surface area contributed by atoms with Crippen molar-refractivity contribution >= 4 is 11.6 Å². The third-order valence-electron chi connectivity index (χ3n) is 1.33. The molecule has 0 aliphatic heterocycles. The Labute approximate surface area is 65.3 Å². The molecule has 0 aliphatic carbocycles. The van der Waals surface area contributed by atoms with E-state index in [0.717, 1.165) is 0 Å². The Morgan fingerprint density at radius 1 is 1.17 bits per heavy atom. The molecule has 0 aliphatic rings. The number of nitrogens with zero attached hydrogens (tertiary/aromatic N) is 2. The van der Waals surface area contributed by atoms with Crippen molar-refractivity contribution in [3.05, 3.63) is 15.8 Å². The summed E-state index contributed by atoms with van der Waals surface area (Å²) in [5, 5.41) is 24.6. The average Bonchev–Trinajstić information content (AvgIpc) is 2.08. The Bertz CT molecular complexity index is 389. The maximum atomic E-state index is 10.8. The zero-order chi connectivity index (χ0) is 9.46. The minimum Gasteiger partial charge on any atom is -0.425 e. The smallest absolute Gasteiger partial charge is 0.330 e. The van der Waals surface area contributed by atoms with E-state index < -0.39 is 22.7 Å². The van der Waals surface area contributed by atoms with Gasteiger partial charge in [0.2, 0.25) is 5.49 Å². The second kappa shape index (κ2) is 2.19. The van der Waals surface area contributed by atoms with Crippen molar-refractivity contribution in [1.82, 2.24) is 9.46 Å². The maximum Gasteiger partial charge on any atom is 0.330 e. The number of hydrogen-bond acceptors (Lipinski definition) is 6. The van der Waals surface area contributed by atoms with Gasteiger partial charge in [0.05, 0.1) is 0 Å². The molecular formula is C4H7N5O3. The zero-order valence-electron chi connectivity index (χ0n) is 5.85. The van der Waals surface area contributed by atoms with E-state index in [-0.39, 0.29) is 9.46 Å². The van der Waals surface area contributed by atoms with E-state index in [1.54, 1.807) is 0 Å². The van der Waals surface area contributed by atoms with Gasteiger partial charge in [0.1, 0.15) is 0 Å². The lowest BCUT2D eigenvalue weighted by atomic mass is 10.6. The van der Waals surface area contributed by atoms with Gasteiger partial charge >= 0.3 is 5.56 Å². The van der Waals surface area contributed by atoms with Crippen LogP contribution in [0.25, 0.3) is 0 Å². The number of nitrogens with two attached hydrogens (primary N) is 2. The molecular weight excluding hydrogens is 166 g/mol. The molecule has 0 unspecified atom stereocenters. The van der Waals surface area contributed by atoms with Crippen molar-refractivity contribution in [2.45, 2.75) is 0 Å². The van der Waals surface area contributed by atoms with Crippen LogP contribution in [0, 0.1) is 5.41 Å². The molecule has 1 aromatic rings. The Morgan fingerprint density at radius 2 is 1.58 bits per heavy atom. The molecule has 0 bridgehead atoms. The molecule has 0 saturated heterocycles. The first kappa shape index (κ1) is 7.98. The second-order valence-corrected chi connectivity index (χ2v) is 2.05. The molecule has 12 heavy (non-hydrogen) atoms. The number of hydrogen-bond donors (Lipinski definition) is 5. The summed E-state index contributed by atoms with van der Waals surface area (Å²) < 4.78 is 0.0781. The predicted octanol–water partition coefficient (Wildman–Crippen LogP) is -2.23. The fourth-order valence-corrected chi connectivity index (χ4v) is 0.638. The van der Waals surface area contributed by atoms with Crippen molar-refractivity contribution in [2.24, 2.45) is 0 Å². The number of rotatable bonds is 0. The highest BCUT2D eigenvalue weighted by Gasteiger charge is 2.10. The summed E-state index contributed by atoms with van der Waals surface area (Å²) in [6.45, 7) is 0. The molecule has 0 radical (unpaired) electrons. The fraction of sp³-hybridized carbons (Fsp3) is 0. The van der Waals surface area contributed by atoms with Gasteiger partial charge in [-0.1, -0.05) is 0 Å². The summed E-state index contributed by atoms with van der Waals surface area (Å²) in [7, 11) is 0. The minimum atomic E-state index is -1.15. The summed E-state index contributed by atoms with van der Waals surface area (Å²) in [5.74, 6) is -0.986. The molecule has 1 aromatic heterocycles. The quantitative estimate of drug-likeness (QED) is 0.282. The highest BCUT2D eigenvalue weighted by atomic mass is 16.5. The van der Waals surface area contributed by atoms with E-state index in [4.69, 9.17) is 27.3 Å². The maximum absolute atomic E-state index is 10.8. The van der Waals surface area contributed by atoms with E-state index in [1.807, 2.05) is 0 Å². The first-order valence-corrected chi connectivity index (χ1v) is 2.83. The first-order valence-electron chi connectivity index (χ1n) is 2.83. The highest BCUT2D eigenvalue weighted by Crippen LogP contribution is 2.04. The van der Waals surface area contributed by atoms with E-state index in [0.29, 0.717) is 0 Å². The van der Waals surface area contributed by atoms with E-state index in [1.165, 1.54) is 0 Å². The summed E-state index contributed by atoms with van der Waals surface area (Å²) in [6.07, 6.45) is 0. The van der Waals surface area contributed by atoms with Crippen LogP contribution in [-0.2, 0) is 0 Å². The first-order chi connectivity index (χ1) is 5.46. The van der Waals surface area contributed by atoms with Crippen molar-refractivity contribution in [2.75, 3.05) is 11.5 Å². The topological polar surface area (TPSA) is 143 Å². The summed E-state index contributed by atoms with van der Waals surface area (Å²) in [5.41, 5.74) is 8.16. The largest absolute Gasteiger partial charge is 0.425 e. The lowest BCUT2D eigenvalue weighted by Crippen LogP contribution is -2.42. The fourth-order valence-electron chi connectivity index (χ4n) is 0.638. The normalized spacial score (nSPS) is 10.0. The van der Waals surface area contributed by atoms with Crippen LogP contribution in [0.5, 0.6) is 0 Å². The molecule has 7 N–H and O–H groups in total. The zero-order valence-corrected chi connectivity index (χ0v) is 5.85. The van der Waals surface area contributed by atoms with Crippen LogP contribution < -0.4 is 22.5 Å². The summed E-state index contributed by atoms with van der Waals surface area (Å²) >= 11 is 0. The highest BCUT2D eigenvalue weighted by molar-refractivity contribution is 5.51. The van der Waals surface area contributed by atoms with Gasteiger partial charge in [0, 0.05) is 0 Å². The average molecular weight is 173 g/mol. The molecule has 1 rings (SSSR count). The molecule has 0 aromatic carbocycles. The lowest BCUT2D eigenvalue weighted by Gasteiger charge is -2.06. The second-order valence-electron chi connectivity index (χ2n) is 2.05. The third kappa shape index (κ3) is 0.779. The van der Waals surface area contributed by atoms with Crippen LogP contribution in [0.3, 0.4) is 0 Å². The monoisotopic (exact) mass is 173 g/mol. The molecule has 1 heterocycles. The van der Waals surface area contributed by atoms with E-state index in [2.05, 4.69) is 0 Å². The van der Waals surface area contributed by atoms with Gasteiger partial charge < -0.3 is 21.9 Å². The summed E-state index contributed by atoms with van der Waals surface area (Å²) in [6, 6.07) is 0. The molecule has 0 saturated carbocycles. The van der Waals surface area contributed by atoms with Crippen molar-refractivity contribution in [3.8, 4) is 0 Å².